The SMILES string of the molecule is Nc1cnnc(-c2cccnc2)c1. The van der Waals surface area contributed by atoms with Crippen molar-refractivity contribution in [2.24, 2.45) is 0 Å². The first-order chi connectivity index (χ1) is 6.36. The van der Waals surface area contributed by atoms with Gasteiger partial charge in [-0.2, -0.15) is 10.2 Å². The lowest BCUT2D eigenvalue weighted by Gasteiger charge is -1.98. The molecule has 0 unspecified atom stereocenters. The molecule has 13 heavy (non-hydrogen) atoms. The summed E-state index contributed by atoms with van der Waals surface area (Å²) in [6.07, 6.45) is 4.95. The highest BCUT2D eigenvalue weighted by Crippen LogP contribution is 2.15. The summed E-state index contributed by atoms with van der Waals surface area (Å²) >= 11 is 0. The van der Waals surface area contributed by atoms with Gasteiger partial charge in [-0.1, -0.05) is 0 Å². The predicted molar refractivity (Wildman–Crippen MR) is 49.7 cm³/mol. The summed E-state index contributed by atoms with van der Waals surface area (Å²) in [5.41, 5.74) is 7.84. The smallest absolute Gasteiger partial charge is 0.0965 e. The van der Waals surface area contributed by atoms with Gasteiger partial charge < -0.3 is 5.73 Å². The Bertz CT molecular complexity index is 399. The second-order valence-corrected chi connectivity index (χ2v) is 2.62. The second-order valence-electron chi connectivity index (χ2n) is 2.62. The molecule has 4 heteroatoms. The van der Waals surface area contributed by atoms with Gasteiger partial charge in [-0.25, -0.2) is 0 Å². The molecular weight excluding hydrogens is 164 g/mol. The van der Waals surface area contributed by atoms with Crippen molar-refractivity contribution in [2.45, 2.75) is 0 Å². The molecule has 0 aromatic carbocycles. The Balaban J connectivity index is 2.48. The third kappa shape index (κ3) is 1.61. The van der Waals surface area contributed by atoms with Crippen LogP contribution in [0.25, 0.3) is 11.3 Å². The van der Waals surface area contributed by atoms with Gasteiger partial charge in [0, 0.05) is 18.0 Å². The van der Waals surface area contributed by atoms with E-state index in [0.29, 0.717) is 5.69 Å². The summed E-state index contributed by atoms with van der Waals surface area (Å²) in [7, 11) is 0. The number of hydrogen-bond donors (Lipinski definition) is 1. The largest absolute Gasteiger partial charge is 0.397 e. The number of anilines is 1. The highest BCUT2D eigenvalue weighted by molar-refractivity contribution is 5.60. The van der Waals surface area contributed by atoms with E-state index in [1.807, 2.05) is 12.1 Å². The second kappa shape index (κ2) is 3.18. The van der Waals surface area contributed by atoms with Crippen molar-refractivity contribution < 1.29 is 0 Å². The van der Waals surface area contributed by atoms with Gasteiger partial charge in [-0.3, -0.25) is 4.98 Å². The maximum atomic E-state index is 5.57. The van der Waals surface area contributed by atoms with Crippen LogP contribution in [0.2, 0.25) is 0 Å². The van der Waals surface area contributed by atoms with Crippen LogP contribution in [0, 0.1) is 0 Å². The number of pyridine rings is 1. The van der Waals surface area contributed by atoms with Crippen LogP contribution in [0.3, 0.4) is 0 Å². The van der Waals surface area contributed by atoms with Gasteiger partial charge in [0.1, 0.15) is 0 Å². The summed E-state index contributed by atoms with van der Waals surface area (Å²) in [6, 6.07) is 5.53. The number of hydrogen-bond acceptors (Lipinski definition) is 4. The maximum Gasteiger partial charge on any atom is 0.0965 e. The van der Waals surface area contributed by atoms with E-state index in [1.165, 1.54) is 6.20 Å². The lowest BCUT2D eigenvalue weighted by molar-refractivity contribution is 1.04. The van der Waals surface area contributed by atoms with Crippen LogP contribution in [0.1, 0.15) is 0 Å². The van der Waals surface area contributed by atoms with Gasteiger partial charge in [0.2, 0.25) is 0 Å². The molecule has 0 aliphatic carbocycles. The van der Waals surface area contributed by atoms with Crippen LogP contribution in [0.15, 0.2) is 36.8 Å². The lowest BCUT2D eigenvalue weighted by atomic mass is 10.2. The van der Waals surface area contributed by atoms with Gasteiger partial charge >= 0.3 is 0 Å². The van der Waals surface area contributed by atoms with Crippen molar-refractivity contribution in [1.29, 1.82) is 0 Å². The first kappa shape index (κ1) is 7.67. The van der Waals surface area contributed by atoms with E-state index >= 15 is 0 Å². The molecule has 0 saturated heterocycles. The zero-order valence-corrected chi connectivity index (χ0v) is 6.88. The molecule has 0 spiro atoms. The minimum absolute atomic E-state index is 0.605. The fourth-order valence-electron chi connectivity index (χ4n) is 1.04. The molecule has 2 aromatic rings. The first-order valence-corrected chi connectivity index (χ1v) is 3.85. The first-order valence-electron chi connectivity index (χ1n) is 3.85. The van der Waals surface area contributed by atoms with Crippen LogP contribution >= 0.6 is 0 Å². The highest BCUT2D eigenvalue weighted by Gasteiger charge is 1.98. The lowest BCUT2D eigenvalue weighted by Crippen LogP contribution is -1.91. The number of nitrogens with zero attached hydrogens (tertiary/aromatic N) is 3. The van der Waals surface area contributed by atoms with Crippen LogP contribution in [-0.2, 0) is 0 Å². The molecule has 0 amide bonds. The number of nitrogen functional groups attached to an aromatic ring is 1. The Hall–Kier alpha value is -1.97. The summed E-state index contributed by atoms with van der Waals surface area (Å²) < 4.78 is 0. The monoisotopic (exact) mass is 172 g/mol. The maximum absolute atomic E-state index is 5.57. The fourth-order valence-corrected chi connectivity index (χ4v) is 1.04. The highest BCUT2D eigenvalue weighted by atomic mass is 15.1. The average Bonchev–Trinajstić information content (AvgIpc) is 2.19. The van der Waals surface area contributed by atoms with Gasteiger partial charge in [0.05, 0.1) is 17.6 Å². The third-order valence-electron chi connectivity index (χ3n) is 1.63. The molecule has 2 rings (SSSR count). The zero-order chi connectivity index (χ0) is 9.10. The van der Waals surface area contributed by atoms with Crippen molar-refractivity contribution in [2.75, 3.05) is 5.73 Å². The third-order valence-corrected chi connectivity index (χ3v) is 1.63. The molecule has 0 aliphatic rings. The fraction of sp³-hybridized carbons (Fsp3) is 0. The Morgan fingerprint density at radius 3 is 2.85 bits per heavy atom. The van der Waals surface area contributed by atoms with Crippen LogP contribution in [0.5, 0.6) is 0 Å². The van der Waals surface area contributed by atoms with Gasteiger partial charge in [-0.05, 0) is 18.2 Å². The summed E-state index contributed by atoms with van der Waals surface area (Å²) in [5.74, 6) is 0. The van der Waals surface area contributed by atoms with E-state index < -0.39 is 0 Å². The average molecular weight is 172 g/mol. The van der Waals surface area contributed by atoms with Crippen LogP contribution in [0.4, 0.5) is 5.69 Å². The molecule has 64 valence electrons. The van der Waals surface area contributed by atoms with Crippen LogP contribution in [-0.4, -0.2) is 15.2 Å². The van der Waals surface area contributed by atoms with E-state index in [-0.39, 0.29) is 0 Å². The molecule has 2 aromatic heterocycles. The van der Waals surface area contributed by atoms with E-state index in [1.54, 1.807) is 18.5 Å². The standard InChI is InChI=1S/C9H8N4/c10-8-4-9(13-12-6-8)7-2-1-3-11-5-7/h1-6H,(H2,10,13). The summed E-state index contributed by atoms with van der Waals surface area (Å²) in [6.45, 7) is 0. The topological polar surface area (TPSA) is 64.7 Å². The van der Waals surface area contributed by atoms with E-state index in [2.05, 4.69) is 15.2 Å². The Morgan fingerprint density at radius 2 is 2.15 bits per heavy atom. The van der Waals surface area contributed by atoms with Crippen molar-refractivity contribution in [1.82, 2.24) is 15.2 Å². The van der Waals surface area contributed by atoms with Crippen molar-refractivity contribution in [3.63, 3.8) is 0 Å². The van der Waals surface area contributed by atoms with E-state index in [9.17, 15) is 0 Å². The molecule has 0 atom stereocenters. The van der Waals surface area contributed by atoms with Crippen molar-refractivity contribution in [3.8, 4) is 11.3 Å². The zero-order valence-electron chi connectivity index (χ0n) is 6.88. The van der Waals surface area contributed by atoms with E-state index in [4.69, 9.17) is 5.73 Å². The molecule has 0 saturated carbocycles. The van der Waals surface area contributed by atoms with Crippen molar-refractivity contribution >= 4 is 5.69 Å². The van der Waals surface area contributed by atoms with Crippen molar-refractivity contribution in [3.05, 3.63) is 36.8 Å². The molecule has 0 bridgehead atoms. The molecule has 2 N–H and O–H groups in total. The van der Waals surface area contributed by atoms with Gasteiger partial charge in [0.15, 0.2) is 0 Å². The Labute approximate surface area is 75.5 Å². The molecule has 0 radical (unpaired) electrons. The molecular formula is C9H8N4. The van der Waals surface area contributed by atoms with Crippen LogP contribution < -0.4 is 5.73 Å². The van der Waals surface area contributed by atoms with Gasteiger partial charge in [-0.15, -0.1) is 0 Å². The molecule has 2 heterocycles. The minimum Gasteiger partial charge on any atom is -0.397 e. The molecule has 0 fully saturated rings. The number of rotatable bonds is 1. The summed E-state index contributed by atoms with van der Waals surface area (Å²) in [5, 5.41) is 7.70. The Kier molecular flexibility index (Phi) is 1.88. The summed E-state index contributed by atoms with van der Waals surface area (Å²) in [4.78, 5) is 3.98. The Morgan fingerprint density at radius 1 is 1.23 bits per heavy atom. The van der Waals surface area contributed by atoms with E-state index in [0.717, 1.165) is 11.3 Å². The quantitative estimate of drug-likeness (QED) is 0.700. The molecule has 0 aliphatic heterocycles. The normalized spacial score (nSPS) is 9.85. The minimum atomic E-state index is 0.605. The number of aromatic nitrogens is 3. The predicted octanol–water partition coefficient (Wildman–Crippen LogP) is 1.12. The van der Waals surface area contributed by atoms with Gasteiger partial charge in [0.25, 0.3) is 0 Å². The number of nitrogens with two attached hydrogens (primary N) is 1. The molecule has 4 nitrogen and oxygen atoms in total.